The third-order valence-electron chi connectivity index (χ3n) is 2.99. The van der Waals surface area contributed by atoms with E-state index in [1.807, 2.05) is 6.07 Å². The van der Waals surface area contributed by atoms with Crippen LogP contribution in [0, 0.1) is 5.82 Å². The highest BCUT2D eigenvalue weighted by molar-refractivity contribution is 9.10. The van der Waals surface area contributed by atoms with Gasteiger partial charge in [-0.1, -0.05) is 24.1 Å². The van der Waals surface area contributed by atoms with E-state index >= 15 is 0 Å². The lowest BCUT2D eigenvalue weighted by Gasteiger charge is -2.24. The van der Waals surface area contributed by atoms with Crippen LogP contribution in [0.4, 0.5) is 4.39 Å². The molecule has 0 aliphatic carbocycles. The molecule has 1 unspecified atom stereocenters. The van der Waals surface area contributed by atoms with Crippen molar-refractivity contribution < 1.29 is 4.39 Å². The number of hydrogen-bond donors (Lipinski definition) is 1. The van der Waals surface area contributed by atoms with Crippen LogP contribution in [0.15, 0.2) is 16.6 Å². The average molecular weight is 307 g/mol. The number of piperidine rings is 1. The van der Waals surface area contributed by atoms with Gasteiger partial charge in [-0.25, -0.2) is 4.39 Å². The van der Waals surface area contributed by atoms with Crippen molar-refractivity contribution in [3.63, 3.8) is 0 Å². The lowest BCUT2D eigenvalue weighted by atomic mass is 9.98. The van der Waals surface area contributed by atoms with Crippen LogP contribution in [-0.2, 0) is 6.42 Å². The van der Waals surface area contributed by atoms with E-state index in [1.54, 1.807) is 6.07 Å². The number of nitrogens with one attached hydrogen (secondary N) is 1. The Kier molecular flexibility index (Phi) is 4.22. The second kappa shape index (κ2) is 5.48. The summed E-state index contributed by atoms with van der Waals surface area (Å²) in [7, 11) is 0. The molecule has 1 aliphatic rings. The van der Waals surface area contributed by atoms with Crippen LogP contribution in [0.3, 0.4) is 0 Å². The molecular weight excluding hydrogens is 292 g/mol. The average Bonchev–Trinajstić information content (AvgIpc) is 2.31. The predicted molar refractivity (Wildman–Crippen MR) is 68.5 cm³/mol. The minimum atomic E-state index is -0.352. The zero-order chi connectivity index (χ0) is 11.5. The summed E-state index contributed by atoms with van der Waals surface area (Å²) >= 11 is 8.98. The summed E-state index contributed by atoms with van der Waals surface area (Å²) in [5.74, 6) is -0.352. The van der Waals surface area contributed by atoms with Gasteiger partial charge in [0.05, 0.1) is 9.50 Å². The maximum atomic E-state index is 13.5. The summed E-state index contributed by atoms with van der Waals surface area (Å²) < 4.78 is 14.1. The fourth-order valence-corrected chi connectivity index (χ4v) is 2.87. The SMILES string of the molecule is Fc1c(Cl)ccc(CC2CCCCN2)c1Br. The highest BCUT2D eigenvalue weighted by Crippen LogP contribution is 2.28. The van der Waals surface area contributed by atoms with E-state index in [-0.39, 0.29) is 10.8 Å². The van der Waals surface area contributed by atoms with Gasteiger partial charge in [-0.3, -0.25) is 0 Å². The lowest BCUT2D eigenvalue weighted by Crippen LogP contribution is -2.35. The number of benzene rings is 1. The van der Waals surface area contributed by atoms with Crippen LogP contribution in [0.25, 0.3) is 0 Å². The molecule has 1 aromatic rings. The highest BCUT2D eigenvalue weighted by atomic mass is 79.9. The maximum Gasteiger partial charge on any atom is 0.156 e. The van der Waals surface area contributed by atoms with Crippen molar-refractivity contribution in [1.29, 1.82) is 0 Å². The first-order valence-corrected chi connectivity index (χ1v) is 6.71. The van der Waals surface area contributed by atoms with Gasteiger partial charge in [0.15, 0.2) is 5.82 Å². The van der Waals surface area contributed by atoms with E-state index in [9.17, 15) is 4.39 Å². The van der Waals surface area contributed by atoms with Gasteiger partial charge in [-0.2, -0.15) is 0 Å². The van der Waals surface area contributed by atoms with Gasteiger partial charge in [0, 0.05) is 6.04 Å². The van der Waals surface area contributed by atoms with Crippen molar-refractivity contribution in [1.82, 2.24) is 5.32 Å². The second-order valence-corrected chi connectivity index (χ2v) is 5.39. The van der Waals surface area contributed by atoms with Crippen molar-refractivity contribution in [3.05, 3.63) is 33.0 Å². The molecule has 16 heavy (non-hydrogen) atoms. The number of halogens is 3. The topological polar surface area (TPSA) is 12.0 Å². The fraction of sp³-hybridized carbons (Fsp3) is 0.500. The molecule has 0 radical (unpaired) electrons. The van der Waals surface area contributed by atoms with Crippen LogP contribution in [0.5, 0.6) is 0 Å². The molecule has 1 N–H and O–H groups in total. The van der Waals surface area contributed by atoms with Gasteiger partial charge >= 0.3 is 0 Å². The molecule has 0 aromatic heterocycles. The van der Waals surface area contributed by atoms with E-state index in [0.717, 1.165) is 24.9 Å². The highest BCUT2D eigenvalue weighted by Gasteiger charge is 2.16. The minimum Gasteiger partial charge on any atom is -0.314 e. The molecular formula is C12H14BrClFN. The fourth-order valence-electron chi connectivity index (χ4n) is 2.09. The summed E-state index contributed by atoms with van der Waals surface area (Å²) in [6.07, 6.45) is 4.52. The third kappa shape index (κ3) is 2.76. The molecule has 1 atom stereocenters. The first-order chi connectivity index (χ1) is 7.68. The zero-order valence-electron chi connectivity index (χ0n) is 8.90. The first kappa shape index (κ1) is 12.3. The molecule has 2 rings (SSSR count). The van der Waals surface area contributed by atoms with E-state index in [4.69, 9.17) is 11.6 Å². The quantitative estimate of drug-likeness (QED) is 0.817. The van der Waals surface area contributed by atoms with E-state index in [0.29, 0.717) is 10.5 Å². The maximum absolute atomic E-state index is 13.5. The molecule has 1 aliphatic heterocycles. The standard InChI is InChI=1S/C12H14BrClFN/c13-11-8(4-5-10(14)12(11)15)7-9-3-1-2-6-16-9/h4-5,9,16H,1-3,6-7H2. The van der Waals surface area contributed by atoms with Gasteiger partial charge < -0.3 is 5.32 Å². The van der Waals surface area contributed by atoms with Crippen LogP contribution in [0.2, 0.25) is 5.02 Å². The molecule has 1 aromatic carbocycles. The Balaban J connectivity index is 2.11. The smallest absolute Gasteiger partial charge is 0.156 e. The minimum absolute atomic E-state index is 0.173. The van der Waals surface area contributed by atoms with Crippen molar-refractivity contribution >= 4 is 27.5 Å². The van der Waals surface area contributed by atoms with Crippen LogP contribution in [0.1, 0.15) is 24.8 Å². The van der Waals surface area contributed by atoms with Gasteiger partial charge in [-0.15, -0.1) is 0 Å². The Morgan fingerprint density at radius 1 is 1.44 bits per heavy atom. The molecule has 0 amide bonds. The predicted octanol–water partition coefficient (Wildman–Crippen LogP) is 3.93. The van der Waals surface area contributed by atoms with Crippen molar-refractivity contribution in [2.45, 2.75) is 31.7 Å². The summed E-state index contributed by atoms with van der Waals surface area (Å²) in [4.78, 5) is 0. The van der Waals surface area contributed by atoms with Crippen LogP contribution >= 0.6 is 27.5 Å². The third-order valence-corrected chi connectivity index (χ3v) is 4.14. The number of hydrogen-bond acceptors (Lipinski definition) is 1. The van der Waals surface area contributed by atoms with Gasteiger partial charge in [-0.05, 0) is 53.4 Å². The summed E-state index contributed by atoms with van der Waals surface area (Å²) in [6, 6.07) is 3.98. The second-order valence-electron chi connectivity index (χ2n) is 4.19. The molecule has 4 heteroatoms. The van der Waals surface area contributed by atoms with Crippen molar-refractivity contribution in [2.75, 3.05) is 6.54 Å². The Bertz CT molecular complexity index is 378. The first-order valence-electron chi connectivity index (χ1n) is 5.54. The van der Waals surface area contributed by atoms with E-state index in [2.05, 4.69) is 21.2 Å². The van der Waals surface area contributed by atoms with Crippen LogP contribution in [-0.4, -0.2) is 12.6 Å². The van der Waals surface area contributed by atoms with E-state index in [1.165, 1.54) is 12.8 Å². The Hall–Kier alpha value is -0.120. The molecule has 1 heterocycles. The summed E-state index contributed by atoms with van der Waals surface area (Å²) in [5.41, 5.74) is 0.987. The summed E-state index contributed by atoms with van der Waals surface area (Å²) in [6.45, 7) is 1.07. The van der Waals surface area contributed by atoms with Crippen LogP contribution < -0.4 is 5.32 Å². The molecule has 1 saturated heterocycles. The molecule has 1 fully saturated rings. The molecule has 0 spiro atoms. The normalized spacial score (nSPS) is 21.1. The van der Waals surface area contributed by atoms with Gasteiger partial charge in [0.2, 0.25) is 0 Å². The summed E-state index contributed by atoms with van der Waals surface area (Å²) in [5, 5.41) is 3.63. The Labute approximate surface area is 109 Å². The lowest BCUT2D eigenvalue weighted by molar-refractivity contribution is 0.398. The molecule has 0 bridgehead atoms. The molecule has 88 valence electrons. The van der Waals surface area contributed by atoms with Crippen molar-refractivity contribution in [2.24, 2.45) is 0 Å². The Morgan fingerprint density at radius 2 is 2.25 bits per heavy atom. The largest absolute Gasteiger partial charge is 0.314 e. The van der Waals surface area contributed by atoms with Gasteiger partial charge in [0.25, 0.3) is 0 Å². The van der Waals surface area contributed by atoms with E-state index < -0.39 is 0 Å². The van der Waals surface area contributed by atoms with Gasteiger partial charge in [0.1, 0.15) is 0 Å². The number of rotatable bonds is 2. The zero-order valence-corrected chi connectivity index (χ0v) is 11.2. The molecule has 1 nitrogen and oxygen atoms in total. The van der Waals surface area contributed by atoms with Crippen molar-refractivity contribution in [3.8, 4) is 0 Å². The monoisotopic (exact) mass is 305 g/mol. The Morgan fingerprint density at radius 3 is 2.94 bits per heavy atom. The molecule has 0 saturated carbocycles.